The predicted octanol–water partition coefficient (Wildman–Crippen LogP) is 4.19. The van der Waals surface area contributed by atoms with Gasteiger partial charge in [-0.1, -0.05) is 12.1 Å². The van der Waals surface area contributed by atoms with E-state index in [1.165, 1.54) is 6.08 Å². The van der Waals surface area contributed by atoms with Crippen LogP contribution in [0.1, 0.15) is 11.1 Å². The van der Waals surface area contributed by atoms with Gasteiger partial charge in [0.1, 0.15) is 29.2 Å². The molecule has 0 unspecified atom stereocenters. The highest BCUT2D eigenvalue weighted by molar-refractivity contribution is 14.1. The van der Waals surface area contributed by atoms with Crippen LogP contribution in [0, 0.1) is 26.2 Å². The van der Waals surface area contributed by atoms with Crippen LogP contribution in [0.25, 0.3) is 6.08 Å². The lowest BCUT2D eigenvalue weighted by atomic mass is 10.1. The molecule has 0 aliphatic rings. The van der Waals surface area contributed by atoms with Gasteiger partial charge in [-0.15, -0.1) is 0 Å². The summed E-state index contributed by atoms with van der Waals surface area (Å²) in [5.74, 6) is 0.811. The first kappa shape index (κ1) is 21.7. The number of rotatable bonds is 7. The van der Waals surface area contributed by atoms with Crippen LogP contribution in [-0.2, 0) is 11.3 Å². The number of carbonyl (C=O) groups excluding carboxylic acids is 1. The Labute approximate surface area is 185 Å². The molecule has 0 fully saturated rings. The fourth-order valence-electron chi connectivity index (χ4n) is 2.24. The van der Waals surface area contributed by atoms with Crippen LogP contribution in [-0.4, -0.2) is 19.6 Å². The lowest BCUT2D eigenvalue weighted by molar-refractivity contribution is -0.117. The van der Waals surface area contributed by atoms with E-state index in [0.29, 0.717) is 22.3 Å². The fourth-order valence-corrected chi connectivity index (χ4v) is 4.01. The van der Waals surface area contributed by atoms with E-state index in [-0.39, 0.29) is 12.2 Å². The maximum absolute atomic E-state index is 12.4. The molecule has 0 saturated heterocycles. The Morgan fingerprint density at radius 3 is 2.57 bits per heavy atom. The Kier molecular flexibility index (Phi) is 8.30. The molecular formula is C20H15BrIN3O3. The molecular weight excluding hydrogens is 537 g/mol. The third-order valence-electron chi connectivity index (χ3n) is 3.59. The standard InChI is InChI=1S/C20H15BrIN3O3/c1-27-16-4-2-13(3-5-16)12-25-20(26)15(11-24)8-14-9-17(21)19(18(22)10-14)28-7-6-23/h2-5,8-10H,7,12H2,1H3,(H,25,26)/b15-8-. The van der Waals surface area contributed by atoms with E-state index in [2.05, 4.69) is 43.8 Å². The van der Waals surface area contributed by atoms with Crippen molar-refractivity contribution in [3.63, 3.8) is 0 Å². The summed E-state index contributed by atoms with van der Waals surface area (Å²) >= 11 is 5.46. The molecule has 0 atom stereocenters. The lowest BCUT2D eigenvalue weighted by Crippen LogP contribution is -2.23. The van der Waals surface area contributed by atoms with Gasteiger partial charge in [0.2, 0.25) is 0 Å². The predicted molar refractivity (Wildman–Crippen MR) is 116 cm³/mol. The van der Waals surface area contributed by atoms with Gasteiger partial charge in [0.25, 0.3) is 5.91 Å². The molecule has 8 heteroatoms. The second kappa shape index (κ2) is 10.7. The summed E-state index contributed by atoms with van der Waals surface area (Å²) in [4.78, 5) is 12.4. The molecule has 0 radical (unpaired) electrons. The molecule has 0 aromatic heterocycles. The molecule has 2 aromatic rings. The summed E-state index contributed by atoms with van der Waals surface area (Å²) in [6.07, 6.45) is 1.50. The molecule has 142 valence electrons. The number of ether oxygens (including phenoxy) is 2. The average molecular weight is 552 g/mol. The summed E-state index contributed by atoms with van der Waals surface area (Å²) in [5.41, 5.74) is 1.54. The second-order valence-electron chi connectivity index (χ2n) is 5.46. The molecule has 0 aliphatic carbocycles. The Bertz CT molecular complexity index is 953. The first-order chi connectivity index (χ1) is 13.5. The van der Waals surface area contributed by atoms with Crippen molar-refractivity contribution in [2.45, 2.75) is 6.54 Å². The zero-order valence-electron chi connectivity index (χ0n) is 14.8. The van der Waals surface area contributed by atoms with Crippen LogP contribution in [0.4, 0.5) is 0 Å². The Morgan fingerprint density at radius 2 is 2.00 bits per heavy atom. The third-order valence-corrected chi connectivity index (χ3v) is 4.98. The van der Waals surface area contributed by atoms with Gasteiger partial charge in [0.15, 0.2) is 6.61 Å². The monoisotopic (exact) mass is 551 g/mol. The van der Waals surface area contributed by atoms with Gasteiger partial charge < -0.3 is 14.8 Å². The van der Waals surface area contributed by atoms with Crippen LogP contribution in [0.5, 0.6) is 11.5 Å². The minimum atomic E-state index is -0.464. The van der Waals surface area contributed by atoms with Crippen LogP contribution in [0.15, 0.2) is 46.4 Å². The van der Waals surface area contributed by atoms with Gasteiger partial charge in [-0.25, -0.2) is 0 Å². The molecule has 0 saturated carbocycles. The minimum Gasteiger partial charge on any atom is -0.497 e. The molecule has 0 aliphatic heterocycles. The van der Waals surface area contributed by atoms with Gasteiger partial charge >= 0.3 is 0 Å². The second-order valence-corrected chi connectivity index (χ2v) is 7.48. The third kappa shape index (κ3) is 5.98. The Hall–Kier alpha value is -2.56. The quantitative estimate of drug-likeness (QED) is 0.316. The average Bonchev–Trinajstić information content (AvgIpc) is 2.70. The van der Waals surface area contributed by atoms with E-state index in [4.69, 9.17) is 14.7 Å². The van der Waals surface area contributed by atoms with Crippen molar-refractivity contribution in [3.05, 3.63) is 61.1 Å². The van der Waals surface area contributed by atoms with Gasteiger partial charge in [-0.05, 0) is 80.0 Å². The lowest BCUT2D eigenvalue weighted by Gasteiger charge is -2.09. The van der Waals surface area contributed by atoms with E-state index in [1.807, 2.05) is 24.3 Å². The zero-order valence-corrected chi connectivity index (χ0v) is 18.6. The summed E-state index contributed by atoms with van der Waals surface area (Å²) in [6.45, 7) is 0.227. The minimum absolute atomic E-state index is 0.0121. The van der Waals surface area contributed by atoms with Crippen molar-refractivity contribution in [2.75, 3.05) is 13.7 Å². The molecule has 6 nitrogen and oxygen atoms in total. The number of benzene rings is 2. The van der Waals surface area contributed by atoms with E-state index in [0.717, 1.165) is 14.9 Å². The van der Waals surface area contributed by atoms with E-state index < -0.39 is 5.91 Å². The first-order valence-electron chi connectivity index (χ1n) is 8.00. The number of nitriles is 2. The van der Waals surface area contributed by atoms with Gasteiger partial charge in [0, 0.05) is 6.54 Å². The van der Waals surface area contributed by atoms with Crippen molar-refractivity contribution in [2.24, 2.45) is 0 Å². The molecule has 0 bridgehead atoms. The summed E-state index contributed by atoms with van der Waals surface area (Å²) in [6, 6.07) is 14.6. The molecule has 1 amide bonds. The van der Waals surface area contributed by atoms with E-state index in [9.17, 15) is 10.1 Å². The number of carbonyl (C=O) groups is 1. The summed E-state index contributed by atoms with van der Waals surface area (Å²) < 4.78 is 11.9. The highest BCUT2D eigenvalue weighted by Crippen LogP contribution is 2.32. The SMILES string of the molecule is COc1ccc(CNC(=O)/C(C#N)=C\c2cc(Br)c(OCC#N)c(I)c2)cc1. The molecule has 28 heavy (non-hydrogen) atoms. The van der Waals surface area contributed by atoms with Gasteiger partial charge in [0.05, 0.1) is 15.2 Å². The van der Waals surface area contributed by atoms with Crippen molar-refractivity contribution < 1.29 is 14.3 Å². The molecule has 0 spiro atoms. The summed E-state index contributed by atoms with van der Waals surface area (Å²) in [5, 5.41) is 20.7. The Morgan fingerprint density at radius 1 is 1.29 bits per heavy atom. The van der Waals surface area contributed by atoms with Crippen molar-refractivity contribution in [1.29, 1.82) is 10.5 Å². The molecule has 0 heterocycles. The van der Waals surface area contributed by atoms with E-state index >= 15 is 0 Å². The van der Waals surface area contributed by atoms with Crippen LogP contribution in [0.2, 0.25) is 0 Å². The highest BCUT2D eigenvalue weighted by Gasteiger charge is 2.12. The number of halogens is 2. The van der Waals surface area contributed by atoms with Crippen molar-refractivity contribution >= 4 is 50.5 Å². The normalized spacial score (nSPS) is 10.5. The number of hydrogen-bond donors (Lipinski definition) is 1. The number of nitrogens with one attached hydrogen (secondary N) is 1. The zero-order chi connectivity index (χ0) is 20.5. The topological polar surface area (TPSA) is 95.1 Å². The van der Waals surface area contributed by atoms with Crippen LogP contribution < -0.4 is 14.8 Å². The molecule has 2 rings (SSSR count). The van der Waals surface area contributed by atoms with E-state index in [1.54, 1.807) is 31.4 Å². The molecule has 1 N–H and O–H groups in total. The number of amides is 1. The highest BCUT2D eigenvalue weighted by atomic mass is 127. The number of hydrogen-bond acceptors (Lipinski definition) is 5. The maximum Gasteiger partial charge on any atom is 0.262 e. The number of nitrogens with zero attached hydrogens (tertiary/aromatic N) is 2. The van der Waals surface area contributed by atoms with Crippen molar-refractivity contribution in [1.82, 2.24) is 5.32 Å². The van der Waals surface area contributed by atoms with Gasteiger partial charge in [-0.2, -0.15) is 10.5 Å². The summed E-state index contributed by atoms with van der Waals surface area (Å²) in [7, 11) is 1.59. The first-order valence-corrected chi connectivity index (χ1v) is 9.87. The Balaban J connectivity index is 2.12. The van der Waals surface area contributed by atoms with Crippen LogP contribution in [0.3, 0.4) is 0 Å². The smallest absolute Gasteiger partial charge is 0.262 e. The number of methoxy groups -OCH3 is 1. The van der Waals surface area contributed by atoms with Crippen molar-refractivity contribution in [3.8, 4) is 23.6 Å². The largest absolute Gasteiger partial charge is 0.497 e. The fraction of sp³-hybridized carbons (Fsp3) is 0.150. The van der Waals surface area contributed by atoms with Gasteiger partial charge in [-0.3, -0.25) is 4.79 Å². The molecule has 2 aromatic carbocycles. The maximum atomic E-state index is 12.4. The van der Waals surface area contributed by atoms with Crippen LogP contribution >= 0.6 is 38.5 Å².